The highest BCUT2D eigenvalue weighted by Gasteiger charge is 2.24. The fourth-order valence-electron chi connectivity index (χ4n) is 4.87. The first-order valence-corrected chi connectivity index (χ1v) is 16.2. The second kappa shape index (κ2) is 20.8. The molecule has 0 saturated heterocycles. The first-order valence-electron chi connectivity index (χ1n) is 16.2. The predicted molar refractivity (Wildman–Crippen MR) is 176 cm³/mol. The molecule has 10 nitrogen and oxygen atoms in total. The Balaban J connectivity index is 1.54. The molecule has 0 spiro atoms. The molecule has 0 saturated carbocycles. The predicted octanol–water partition coefficient (Wildman–Crippen LogP) is 5.74. The molecule has 0 aromatic heterocycles. The van der Waals surface area contributed by atoms with Gasteiger partial charge < -0.3 is 31.1 Å². The van der Waals surface area contributed by atoms with Gasteiger partial charge in [0, 0.05) is 25.9 Å². The molecule has 2 aromatic carbocycles. The van der Waals surface area contributed by atoms with Gasteiger partial charge in [0.15, 0.2) is 0 Å². The number of amides is 4. The van der Waals surface area contributed by atoms with Gasteiger partial charge >= 0.3 is 12.2 Å². The van der Waals surface area contributed by atoms with Gasteiger partial charge in [0.05, 0.1) is 0 Å². The van der Waals surface area contributed by atoms with E-state index in [2.05, 4.69) is 21.3 Å². The van der Waals surface area contributed by atoms with E-state index in [1.54, 1.807) is 20.8 Å². The topological polar surface area (TPSA) is 146 Å². The van der Waals surface area contributed by atoms with E-state index >= 15 is 0 Å². The minimum Gasteiger partial charge on any atom is -0.465 e. The molecule has 0 radical (unpaired) electrons. The van der Waals surface area contributed by atoms with Crippen molar-refractivity contribution in [2.45, 2.75) is 109 Å². The number of carbonyl (C=O) groups is 4. The maximum absolute atomic E-state index is 12.9. The highest BCUT2D eigenvalue weighted by atomic mass is 16.6. The summed E-state index contributed by atoms with van der Waals surface area (Å²) in [6, 6.07) is 17.4. The van der Waals surface area contributed by atoms with Gasteiger partial charge in [-0.3, -0.25) is 9.59 Å². The van der Waals surface area contributed by atoms with Crippen LogP contribution in [0, 0.1) is 0 Å². The summed E-state index contributed by atoms with van der Waals surface area (Å²) in [6.07, 6.45) is 8.19. The molecule has 2 atom stereocenters. The first kappa shape index (κ1) is 37.1. The standard InChI is InChI=1S/C35H52N4O6/c1-35(2,3)45-34(44)39-30(26-28-21-15-12-16-22-28)32(41)37-24-18-10-8-6-4-5-7-9-17-23-36-31(40)29(38-33(42)43)25-27-19-13-11-14-20-27/h11-16,19-22,29-30,38H,4-10,17-18,23-26H2,1-3H3,(H,36,40)(H,37,41)(H,39,44)(H,42,43)/t29-,30-/m0/s1. The lowest BCUT2D eigenvalue weighted by atomic mass is 10.0. The Morgan fingerprint density at radius 2 is 1.00 bits per heavy atom. The van der Waals surface area contributed by atoms with Crippen LogP contribution in [0.5, 0.6) is 0 Å². The molecule has 0 heterocycles. The van der Waals surface area contributed by atoms with Crippen LogP contribution in [0.25, 0.3) is 0 Å². The highest BCUT2D eigenvalue weighted by Crippen LogP contribution is 2.11. The quantitative estimate of drug-likeness (QED) is 0.119. The second-order valence-corrected chi connectivity index (χ2v) is 12.3. The average Bonchev–Trinajstić information content (AvgIpc) is 2.98. The van der Waals surface area contributed by atoms with Crippen LogP contribution in [0.15, 0.2) is 60.7 Å². The molecule has 248 valence electrons. The molecule has 2 rings (SSSR count). The summed E-state index contributed by atoms with van der Waals surface area (Å²) >= 11 is 0. The van der Waals surface area contributed by atoms with Gasteiger partial charge in [0.1, 0.15) is 17.7 Å². The molecule has 45 heavy (non-hydrogen) atoms. The summed E-state index contributed by atoms with van der Waals surface area (Å²) in [4.78, 5) is 48.9. The van der Waals surface area contributed by atoms with Crippen LogP contribution in [-0.2, 0) is 27.2 Å². The summed E-state index contributed by atoms with van der Waals surface area (Å²) in [7, 11) is 0. The summed E-state index contributed by atoms with van der Waals surface area (Å²) in [6.45, 7) is 6.44. The van der Waals surface area contributed by atoms with E-state index in [0.29, 0.717) is 25.9 Å². The zero-order valence-corrected chi connectivity index (χ0v) is 27.1. The van der Waals surface area contributed by atoms with Crippen molar-refractivity contribution in [1.82, 2.24) is 21.3 Å². The Hall–Kier alpha value is -4.08. The van der Waals surface area contributed by atoms with Crippen molar-refractivity contribution in [3.8, 4) is 0 Å². The van der Waals surface area contributed by atoms with Gasteiger partial charge in [-0.05, 0) is 44.7 Å². The largest absolute Gasteiger partial charge is 0.465 e. The van der Waals surface area contributed by atoms with Crippen LogP contribution in [0.1, 0.15) is 89.7 Å². The van der Waals surface area contributed by atoms with Gasteiger partial charge in [-0.2, -0.15) is 0 Å². The Labute approximate surface area is 268 Å². The molecular weight excluding hydrogens is 572 g/mol. The molecule has 0 aliphatic rings. The number of rotatable bonds is 20. The number of unbranched alkanes of at least 4 members (excludes halogenated alkanes) is 8. The molecule has 0 bridgehead atoms. The lowest BCUT2D eigenvalue weighted by Crippen LogP contribution is -2.49. The number of carbonyl (C=O) groups excluding carboxylic acids is 3. The lowest BCUT2D eigenvalue weighted by Gasteiger charge is -2.23. The molecule has 10 heteroatoms. The van der Waals surface area contributed by atoms with Gasteiger partial charge in [-0.25, -0.2) is 9.59 Å². The number of alkyl carbamates (subject to hydrolysis) is 1. The van der Waals surface area contributed by atoms with Gasteiger partial charge in [-0.1, -0.05) is 106 Å². The third-order valence-corrected chi connectivity index (χ3v) is 7.14. The van der Waals surface area contributed by atoms with E-state index in [0.717, 1.165) is 68.9 Å². The maximum Gasteiger partial charge on any atom is 0.408 e. The average molecular weight is 625 g/mol. The van der Waals surface area contributed by atoms with E-state index in [9.17, 15) is 19.2 Å². The third-order valence-electron chi connectivity index (χ3n) is 7.14. The normalized spacial score (nSPS) is 12.4. The molecule has 0 fully saturated rings. The van der Waals surface area contributed by atoms with E-state index in [1.807, 2.05) is 60.7 Å². The molecule has 0 aliphatic heterocycles. The van der Waals surface area contributed by atoms with Crippen molar-refractivity contribution >= 4 is 24.0 Å². The molecule has 4 amide bonds. The summed E-state index contributed by atoms with van der Waals surface area (Å²) < 4.78 is 5.35. The van der Waals surface area contributed by atoms with Crippen molar-refractivity contribution in [3.05, 3.63) is 71.8 Å². The van der Waals surface area contributed by atoms with Crippen molar-refractivity contribution in [2.24, 2.45) is 0 Å². The highest BCUT2D eigenvalue weighted by molar-refractivity contribution is 5.86. The second-order valence-electron chi connectivity index (χ2n) is 12.3. The van der Waals surface area contributed by atoms with Gasteiger partial charge in [0.25, 0.3) is 0 Å². The number of ether oxygens (including phenoxy) is 1. The van der Waals surface area contributed by atoms with Crippen LogP contribution >= 0.6 is 0 Å². The van der Waals surface area contributed by atoms with Crippen LogP contribution < -0.4 is 21.3 Å². The lowest BCUT2D eigenvalue weighted by molar-refractivity contribution is -0.123. The van der Waals surface area contributed by atoms with Crippen molar-refractivity contribution in [2.75, 3.05) is 13.1 Å². The summed E-state index contributed by atoms with van der Waals surface area (Å²) in [5.74, 6) is -0.519. The smallest absolute Gasteiger partial charge is 0.408 e. The Bertz CT molecular complexity index is 1150. The summed E-state index contributed by atoms with van der Waals surface area (Å²) in [5, 5.41) is 20.0. The minimum atomic E-state index is -1.21. The number of carboxylic acid groups (broad SMARTS) is 1. The molecule has 5 N–H and O–H groups in total. The van der Waals surface area contributed by atoms with Crippen molar-refractivity contribution in [3.63, 3.8) is 0 Å². The monoisotopic (exact) mass is 624 g/mol. The first-order chi connectivity index (χ1) is 21.5. The van der Waals surface area contributed by atoms with Crippen LogP contribution in [0.2, 0.25) is 0 Å². The zero-order valence-electron chi connectivity index (χ0n) is 27.1. The number of hydrogen-bond acceptors (Lipinski definition) is 5. The van der Waals surface area contributed by atoms with E-state index in [4.69, 9.17) is 9.84 Å². The van der Waals surface area contributed by atoms with Crippen LogP contribution in [0.3, 0.4) is 0 Å². The van der Waals surface area contributed by atoms with E-state index in [-0.39, 0.29) is 11.8 Å². The summed E-state index contributed by atoms with van der Waals surface area (Å²) in [5.41, 5.74) is 1.21. The van der Waals surface area contributed by atoms with Crippen LogP contribution in [0.4, 0.5) is 9.59 Å². The van der Waals surface area contributed by atoms with Gasteiger partial charge in [0.2, 0.25) is 11.8 Å². The molecular formula is C35H52N4O6. The fourth-order valence-corrected chi connectivity index (χ4v) is 4.87. The van der Waals surface area contributed by atoms with Crippen LogP contribution in [-0.4, -0.2) is 59.9 Å². The van der Waals surface area contributed by atoms with Crippen molar-refractivity contribution < 1.29 is 29.0 Å². The zero-order chi connectivity index (χ0) is 32.9. The maximum atomic E-state index is 12.9. The Morgan fingerprint density at radius 1 is 0.622 bits per heavy atom. The van der Waals surface area contributed by atoms with Crippen molar-refractivity contribution in [1.29, 1.82) is 0 Å². The van der Waals surface area contributed by atoms with E-state index < -0.39 is 29.9 Å². The SMILES string of the molecule is CC(C)(C)OC(=O)N[C@@H](Cc1ccccc1)C(=O)NCCCCCCCCCCCNC(=O)[C@H](Cc1ccccc1)NC(=O)O. The fraction of sp³-hybridized carbons (Fsp3) is 0.543. The molecule has 2 aromatic rings. The third kappa shape index (κ3) is 17.7. The minimum absolute atomic E-state index is 0.217. The van der Waals surface area contributed by atoms with E-state index in [1.165, 1.54) is 0 Å². The Morgan fingerprint density at radius 3 is 1.38 bits per heavy atom. The number of benzene rings is 2. The molecule has 0 unspecified atom stereocenters. The number of hydrogen-bond donors (Lipinski definition) is 5. The van der Waals surface area contributed by atoms with Gasteiger partial charge in [-0.15, -0.1) is 0 Å². The molecule has 0 aliphatic carbocycles. The number of nitrogens with one attached hydrogen (secondary N) is 4. The Kier molecular flexibility index (Phi) is 17.2.